The predicted octanol–water partition coefficient (Wildman–Crippen LogP) is 2.56. The molecule has 0 fully saturated rings. The molecular weight excluding hydrogens is 460 g/mol. The monoisotopic (exact) mass is 486 g/mol. The molecule has 3 rings (SSSR count). The first-order valence-electron chi connectivity index (χ1n) is 10.0. The van der Waals surface area contributed by atoms with Gasteiger partial charge in [-0.1, -0.05) is 39.8 Å². The smallest absolute Gasteiger partial charge is 0.218 e. The van der Waals surface area contributed by atoms with E-state index in [1.165, 1.54) is 32.9 Å². The molecule has 1 aliphatic rings. The SMILES string of the molecule is CCN(CC)S(=O)(=O)c1ccc2c(c1)S(=O)(=O)c1cc(S(=O)(=O)N(CC)CC)ccc1-2. The van der Waals surface area contributed by atoms with Crippen molar-refractivity contribution in [2.75, 3.05) is 26.2 Å². The summed E-state index contributed by atoms with van der Waals surface area (Å²) in [6.07, 6.45) is 0. The van der Waals surface area contributed by atoms with E-state index in [-0.39, 0.29) is 45.8 Å². The molecule has 1 heterocycles. The van der Waals surface area contributed by atoms with Crippen LogP contribution in [-0.4, -0.2) is 60.0 Å². The Labute approximate surface area is 184 Å². The summed E-state index contributed by atoms with van der Waals surface area (Å²) in [6, 6.07) is 8.03. The summed E-state index contributed by atoms with van der Waals surface area (Å²) in [7, 11) is -11.8. The number of sulfone groups is 1. The number of sulfonamides is 2. The van der Waals surface area contributed by atoms with Gasteiger partial charge < -0.3 is 0 Å². The maximum absolute atomic E-state index is 13.2. The summed E-state index contributed by atoms with van der Waals surface area (Å²) in [5.74, 6) is 0. The molecule has 8 nitrogen and oxygen atoms in total. The van der Waals surface area contributed by atoms with Crippen molar-refractivity contribution in [2.24, 2.45) is 0 Å². The fourth-order valence-electron chi connectivity index (χ4n) is 3.76. The van der Waals surface area contributed by atoms with E-state index in [1.54, 1.807) is 27.7 Å². The predicted molar refractivity (Wildman–Crippen MR) is 118 cm³/mol. The summed E-state index contributed by atoms with van der Waals surface area (Å²) in [5.41, 5.74) is 0.723. The molecule has 31 heavy (non-hydrogen) atoms. The molecule has 0 amide bonds. The average molecular weight is 487 g/mol. The molecule has 0 saturated heterocycles. The molecule has 0 bridgehead atoms. The summed E-state index contributed by atoms with van der Waals surface area (Å²) in [4.78, 5) is -0.481. The maximum Gasteiger partial charge on any atom is 0.243 e. The van der Waals surface area contributed by atoms with Crippen LogP contribution in [0.2, 0.25) is 0 Å². The molecule has 0 saturated carbocycles. The number of benzene rings is 2. The van der Waals surface area contributed by atoms with Gasteiger partial charge in [-0.15, -0.1) is 0 Å². The molecule has 11 heteroatoms. The van der Waals surface area contributed by atoms with Crippen LogP contribution in [0, 0.1) is 0 Å². The van der Waals surface area contributed by atoms with E-state index in [4.69, 9.17) is 0 Å². The second kappa shape index (κ2) is 8.28. The third-order valence-electron chi connectivity index (χ3n) is 5.46. The Balaban J connectivity index is 2.17. The van der Waals surface area contributed by atoms with Gasteiger partial charge >= 0.3 is 0 Å². The van der Waals surface area contributed by atoms with E-state index in [0.29, 0.717) is 11.1 Å². The maximum atomic E-state index is 13.2. The topological polar surface area (TPSA) is 109 Å². The average Bonchev–Trinajstić information content (AvgIpc) is 2.96. The second-order valence-corrected chi connectivity index (χ2v) is 12.8. The Morgan fingerprint density at radius 2 is 0.968 bits per heavy atom. The highest BCUT2D eigenvalue weighted by molar-refractivity contribution is 7.92. The van der Waals surface area contributed by atoms with Gasteiger partial charge in [-0.05, 0) is 24.3 Å². The van der Waals surface area contributed by atoms with Crippen molar-refractivity contribution in [1.29, 1.82) is 0 Å². The van der Waals surface area contributed by atoms with Gasteiger partial charge in [0.25, 0.3) is 0 Å². The molecule has 170 valence electrons. The first-order chi connectivity index (χ1) is 14.5. The van der Waals surface area contributed by atoms with Crippen LogP contribution < -0.4 is 0 Å². The highest BCUT2D eigenvalue weighted by Crippen LogP contribution is 2.45. The van der Waals surface area contributed by atoms with Gasteiger partial charge in [-0.2, -0.15) is 8.61 Å². The van der Waals surface area contributed by atoms with E-state index < -0.39 is 29.9 Å². The lowest BCUT2D eigenvalue weighted by Crippen LogP contribution is -2.30. The van der Waals surface area contributed by atoms with Crippen LogP contribution in [0.25, 0.3) is 11.1 Å². The quantitative estimate of drug-likeness (QED) is 0.484. The molecule has 0 aromatic heterocycles. The van der Waals surface area contributed by atoms with E-state index in [9.17, 15) is 25.3 Å². The Morgan fingerprint density at radius 3 is 1.26 bits per heavy atom. The molecule has 2 aromatic carbocycles. The second-order valence-electron chi connectivity index (χ2n) is 7.00. The van der Waals surface area contributed by atoms with E-state index >= 15 is 0 Å². The van der Waals surface area contributed by atoms with Gasteiger partial charge in [-0.3, -0.25) is 0 Å². The van der Waals surface area contributed by atoms with Gasteiger partial charge in [0.2, 0.25) is 29.9 Å². The lowest BCUT2D eigenvalue weighted by molar-refractivity contribution is 0.444. The molecule has 0 radical (unpaired) electrons. The van der Waals surface area contributed by atoms with Crippen molar-refractivity contribution in [3.63, 3.8) is 0 Å². The molecular formula is C20H26N2O6S3. The van der Waals surface area contributed by atoms with E-state index in [1.807, 2.05) is 0 Å². The van der Waals surface area contributed by atoms with Gasteiger partial charge in [0.05, 0.1) is 19.6 Å². The molecule has 2 aromatic rings. The lowest BCUT2D eigenvalue weighted by atomic mass is 10.1. The number of nitrogens with zero attached hydrogens (tertiary/aromatic N) is 2. The Hall–Kier alpha value is -1.79. The van der Waals surface area contributed by atoms with Crippen LogP contribution in [0.5, 0.6) is 0 Å². The lowest BCUT2D eigenvalue weighted by Gasteiger charge is -2.18. The Morgan fingerprint density at radius 1 is 0.645 bits per heavy atom. The highest BCUT2D eigenvalue weighted by atomic mass is 32.2. The van der Waals surface area contributed by atoms with Crippen molar-refractivity contribution in [1.82, 2.24) is 8.61 Å². The zero-order valence-electron chi connectivity index (χ0n) is 17.9. The van der Waals surface area contributed by atoms with E-state index in [2.05, 4.69) is 0 Å². The number of hydrogen-bond donors (Lipinski definition) is 0. The number of hydrogen-bond acceptors (Lipinski definition) is 6. The standard InChI is InChI=1S/C20H26N2O6S3/c1-5-21(6-2)30(25,26)15-9-11-17-18-12-10-16(31(27,28)22(7-3)8-4)14-20(18)29(23,24)19(17)13-15/h9-14H,5-8H2,1-4H3. The summed E-state index contributed by atoms with van der Waals surface area (Å²) >= 11 is 0. The van der Waals surface area contributed by atoms with Gasteiger partial charge in [0.1, 0.15) is 0 Å². The van der Waals surface area contributed by atoms with Crippen molar-refractivity contribution in [3.05, 3.63) is 36.4 Å². The zero-order valence-corrected chi connectivity index (χ0v) is 20.3. The largest absolute Gasteiger partial charge is 0.243 e. The highest BCUT2D eigenvalue weighted by Gasteiger charge is 2.36. The molecule has 0 spiro atoms. The first kappa shape index (κ1) is 23.9. The minimum absolute atomic E-state index is 0.109. The Kier molecular flexibility index (Phi) is 6.38. The van der Waals surface area contributed by atoms with Crippen molar-refractivity contribution in [3.8, 4) is 11.1 Å². The summed E-state index contributed by atoms with van der Waals surface area (Å²) in [6.45, 7) is 7.87. The summed E-state index contributed by atoms with van der Waals surface area (Å²) in [5, 5.41) is 0. The number of rotatable bonds is 8. The third-order valence-corrected chi connectivity index (χ3v) is 11.4. The van der Waals surface area contributed by atoms with Crippen LogP contribution in [-0.2, 0) is 29.9 Å². The van der Waals surface area contributed by atoms with Crippen molar-refractivity contribution >= 4 is 29.9 Å². The Bertz CT molecular complexity index is 1230. The minimum atomic E-state index is -4.07. The molecule has 0 aliphatic carbocycles. The van der Waals surface area contributed by atoms with E-state index in [0.717, 1.165) is 12.1 Å². The van der Waals surface area contributed by atoms with Gasteiger partial charge in [-0.25, -0.2) is 25.3 Å². The normalized spacial score (nSPS) is 15.3. The molecule has 0 atom stereocenters. The fourth-order valence-corrected chi connectivity index (χ4v) is 8.61. The van der Waals surface area contributed by atoms with Crippen molar-refractivity contribution in [2.45, 2.75) is 47.3 Å². The molecule has 1 aliphatic heterocycles. The minimum Gasteiger partial charge on any atom is -0.218 e. The fraction of sp³-hybridized carbons (Fsp3) is 0.400. The molecule has 0 unspecified atom stereocenters. The number of fused-ring (bicyclic) bond motifs is 3. The summed E-state index contributed by atoms with van der Waals surface area (Å²) < 4.78 is 80.4. The third kappa shape index (κ3) is 3.72. The van der Waals surface area contributed by atoms with Crippen LogP contribution in [0.3, 0.4) is 0 Å². The first-order valence-corrected chi connectivity index (χ1v) is 14.4. The van der Waals surface area contributed by atoms with Gasteiger partial charge in [0, 0.05) is 37.3 Å². The van der Waals surface area contributed by atoms with Crippen LogP contribution >= 0.6 is 0 Å². The van der Waals surface area contributed by atoms with Crippen LogP contribution in [0.15, 0.2) is 56.0 Å². The van der Waals surface area contributed by atoms with Crippen LogP contribution in [0.1, 0.15) is 27.7 Å². The van der Waals surface area contributed by atoms with Gasteiger partial charge in [0.15, 0.2) is 0 Å². The van der Waals surface area contributed by atoms with Crippen molar-refractivity contribution < 1.29 is 25.3 Å². The molecule has 0 N–H and O–H groups in total. The zero-order chi connectivity index (χ0) is 23.2. The van der Waals surface area contributed by atoms with Crippen LogP contribution in [0.4, 0.5) is 0 Å².